The number of amides is 2. The Morgan fingerprint density at radius 1 is 1.24 bits per heavy atom. The number of likely N-dealkylation sites (N-methyl/N-ethyl adjacent to an activating group) is 1. The number of rotatable bonds is 8. The van der Waals surface area contributed by atoms with Crippen molar-refractivity contribution in [1.29, 1.82) is 0 Å². The zero-order valence-electron chi connectivity index (χ0n) is 12.7. The van der Waals surface area contributed by atoms with Gasteiger partial charge in [0.2, 0.25) is 11.8 Å². The number of para-hydroxylation sites is 1. The van der Waals surface area contributed by atoms with Crippen molar-refractivity contribution in [2.75, 3.05) is 24.8 Å². The molecule has 116 valence electrons. The van der Waals surface area contributed by atoms with Gasteiger partial charge in [0.15, 0.2) is 0 Å². The molecular formula is C16H23ClN2O2. The number of unbranched alkanes of at least 4 members (excludes halogenated alkanes) is 1. The van der Waals surface area contributed by atoms with Crippen molar-refractivity contribution in [2.45, 2.75) is 32.6 Å². The van der Waals surface area contributed by atoms with Crippen LogP contribution in [0.25, 0.3) is 0 Å². The standard InChI is InChI=1S/C16H23ClN2O2/c1-3-13-8-4-5-9-14(13)18-15(20)12-19(2)16(21)10-6-7-11-17/h4-5,8-9H,3,6-7,10-12H2,1-2H3,(H,18,20). The van der Waals surface area contributed by atoms with Crippen molar-refractivity contribution < 1.29 is 9.59 Å². The minimum atomic E-state index is -0.177. The summed E-state index contributed by atoms with van der Waals surface area (Å²) in [6, 6.07) is 7.69. The fourth-order valence-corrected chi connectivity index (χ4v) is 2.19. The second-order valence-corrected chi connectivity index (χ2v) is 5.33. The van der Waals surface area contributed by atoms with Gasteiger partial charge in [-0.05, 0) is 30.9 Å². The largest absolute Gasteiger partial charge is 0.336 e. The zero-order valence-corrected chi connectivity index (χ0v) is 13.4. The highest BCUT2D eigenvalue weighted by atomic mass is 35.5. The Hall–Kier alpha value is -1.55. The Bertz CT molecular complexity index is 477. The predicted molar refractivity (Wildman–Crippen MR) is 86.7 cm³/mol. The zero-order chi connectivity index (χ0) is 15.7. The van der Waals surface area contributed by atoms with Crippen LogP contribution in [0.5, 0.6) is 0 Å². The van der Waals surface area contributed by atoms with Crippen molar-refractivity contribution in [2.24, 2.45) is 0 Å². The number of nitrogens with zero attached hydrogens (tertiary/aromatic N) is 1. The maximum absolute atomic E-state index is 12.0. The molecule has 0 aliphatic rings. The second kappa shape index (κ2) is 9.40. The first-order valence-corrected chi connectivity index (χ1v) is 7.79. The SMILES string of the molecule is CCc1ccccc1NC(=O)CN(C)C(=O)CCCCCl. The molecule has 1 aromatic rings. The Morgan fingerprint density at radius 3 is 2.62 bits per heavy atom. The summed E-state index contributed by atoms with van der Waals surface area (Å²) in [6.45, 7) is 2.11. The number of nitrogens with one attached hydrogen (secondary N) is 1. The number of hydrogen-bond donors (Lipinski definition) is 1. The van der Waals surface area contributed by atoms with E-state index in [0.29, 0.717) is 12.3 Å². The van der Waals surface area contributed by atoms with Crippen LogP contribution in [-0.2, 0) is 16.0 Å². The second-order valence-electron chi connectivity index (χ2n) is 4.95. The van der Waals surface area contributed by atoms with Crippen molar-refractivity contribution in [3.63, 3.8) is 0 Å². The summed E-state index contributed by atoms with van der Waals surface area (Å²) in [6.07, 6.45) is 2.86. The van der Waals surface area contributed by atoms with Gasteiger partial charge in [-0.2, -0.15) is 0 Å². The molecule has 0 unspecified atom stereocenters. The molecule has 2 amide bonds. The van der Waals surface area contributed by atoms with Crippen LogP contribution in [-0.4, -0.2) is 36.2 Å². The highest BCUT2D eigenvalue weighted by Crippen LogP contribution is 2.15. The number of aryl methyl sites for hydroxylation is 1. The molecule has 0 fully saturated rings. The fraction of sp³-hybridized carbons (Fsp3) is 0.500. The van der Waals surface area contributed by atoms with E-state index in [9.17, 15) is 9.59 Å². The van der Waals surface area contributed by atoms with E-state index in [2.05, 4.69) is 5.32 Å². The Labute approximate surface area is 131 Å². The van der Waals surface area contributed by atoms with E-state index in [1.54, 1.807) is 7.05 Å². The first-order valence-electron chi connectivity index (χ1n) is 7.26. The quantitative estimate of drug-likeness (QED) is 0.592. The summed E-state index contributed by atoms with van der Waals surface area (Å²) in [7, 11) is 1.65. The van der Waals surface area contributed by atoms with Gasteiger partial charge in [-0.15, -0.1) is 11.6 Å². The number of alkyl halides is 1. The lowest BCUT2D eigenvalue weighted by Gasteiger charge is -2.17. The molecule has 0 aliphatic carbocycles. The summed E-state index contributed by atoms with van der Waals surface area (Å²) in [5.74, 6) is 0.355. The third-order valence-corrected chi connectivity index (χ3v) is 3.52. The average Bonchev–Trinajstić information content (AvgIpc) is 2.47. The smallest absolute Gasteiger partial charge is 0.243 e. The van der Waals surface area contributed by atoms with Crippen LogP contribution in [0.1, 0.15) is 31.7 Å². The molecule has 0 bridgehead atoms. The average molecular weight is 311 g/mol. The summed E-state index contributed by atoms with van der Waals surface area (Å²) >= 11 is 5.58. The number of anilines is 1. The van der Waals surface area contributed by atoms with Gasteiger partial charge in [0.05, 0.1) is 6.54 Å². The molecule has 4 nitrogen and oxygen atoms in total. The third-order valence-electron chi connectivity index (χ3n) is 3.25. The topological polar surface area (TPSA) is 49.4 Å². The van der Waals surface area contributed by atoms with E-state index >= 15 is 0 Å². The first kappa shape index (κ1) is 17.5. The van der Waals surface area contributed by atoms with Crippen LogP contribution in [0.2, 0.25) is 0 Å². The normalized spacial score (nSPS) is 10.2. The van der Waals surface area contributed by atoms with Gasteiger partial charge in [-0.3, -0.25) is 9.59 Å². The van der Waals surface area contributed by atoms with E-state index in [1.165, 1.54) is 4.90 Å². The molecule has 0 radical (unpaired) electrons. The van der Waals surface area contributed by atoms with Crippen LogP contribution in [0.15, 0.2) is 24.3 Å². The number of benzene rings is 1. The monoisotopic (exact) mass is 310 g/mol. The molecule has 0 aromatic heterocycles. The summed E-state index contributed by atoms with van der Waals surface area (Å²) < 4.78 is 0. The van der Waals surface area contributed by atoms with E-state index in [-0.39, 0.29) is 18.4 Å². The maximum Gasteiger partial charge on any atom is 0.243 e. The minimum Gasteiger partial charge on any atom is -0.336 e. The van der Waals surface area contributed by atoms with Gasteiger partial charge in [-0.1, -0.05) is 25.1 Å². The Kier molecular flexibility index (Phi) is 7.83. The highest BCUT2D eigenvalue weighted by Gasteiger charge is 2.13. The Morgan fingerprint density at radius 2 is 1.95 bits per heavy atom. The van der Waals surface area contributed by atoms with E-state index in [1.807, 2.05) is 31.2 Å². The van der Waals surface area contributed by atoms with E-state index in [4.69, 9.17) is 11.6 Å². The molecule has 1 N–H and O–H groups in total. The van der Waals surface area contributed by atoms with Gasteiger partial charge in [0, 0.05) is 25.0 Å². The van der Waals surface area contributed by atoms with Gasteiger partial charge in [0.1, 0.15) is 0 Å². The number of carbonyl (C=O) groups excluding carboxylic acids is 2. The van der Waals surface area contributed by atoms with Crippen molar-refractivity contribution >= 4 is 29.1 Å². The number of carbonyl (C=O) groups is 2. The molecule has 5 heteroatoms. The number of hydrogen-bond acceptors (Lipinski definition) is 2. The van der Waals surface area contributed by atoms with Gasteiger partial charge < -0.3 is 10.2 Å². The van der Waals surface area contributed by atoms with Gasteiger partial charge in [-0.25, -0.2) is 0 Å². The molecule has 0 atom stereocenters. The molecule has 1 aromatic carbocycles. The van der Waals surface area contributed by atoms with Crippen LogP contribution >= 0.6 is 11.6 Å². The van der Waals surface area contributed by atoms with Crippen LogP contribution in [0.3, 0.4) is 0 Å². The minimum absolute atomic E-state index is 0.0287. The summed E-state index contributed by atoms with van der Waals surface area (Å²) in [5, 5.41) is 2.86. The molecule has 0 saturated carbocycles. The van der Waals surface area contributed by atoms with Crippen LogP contribution in [0, 0.1) is 0 Å². The number of halogens is 1. The molecule has 21 heavy (non-hydrogen) atoms. The van der Waals surface area contributed by atoms with E-state index < -0.39 is 0 Å². The molecular weight excluding hydrogens is 288 g/mol. The van der Waals surface area contributed by atoms with Gasteiger partial charge in [0.25, 0.3) is 0 Å². The van der Waals surface area contributed by atoms with Crippen LogP contribution < -0.4 is 5.32 Å². The molecule has 0 saturated heterocycles. The molecule has 0 spiro atoms. The fourth-order valence-electron chi connectivity index (χ4n) is 2.01. The van der Waals surface area contributed by atoms with Crippen molar-refractivity contribution in [1.82, 2.24) is 4.90 Å². The van der Waals surface area contributed by atoms with Crippen molar-refractivity contribution in [3.05, 3.63) is 29.8 Å². The predicted octanol–water partition coefficient (Wildman–Crippen LogP) is 3.06. The lowest BCUT2D eigenvalue weighted by atomic mass is 10.1. The maximum atomic E-state index is 12.0. The lowest BCUT2D eigenvalue weighted by Crippen LogP contribution is -2.34. The molecule has 1 rings (SSSR count). The lowest BCUT2D eigenvalue weighted by molar-refractivity contribution is -0.133. The van der Waals surface area contributed by atoms with Gasteiger partial charge >= 0.3 is 0 Å². The Balaban J connectivity index is 2.47. The molecule has 0 heterocycles. The summed E-state index contributed by atoms with van der Waals surface area (Å²) in [5.41, 5.74) is 1.90. The third kappa shape index (κ3) is 6.17. The summed E-state index contributed by atoms with van der Waals surface area (Å²) in [4.78, 5) is 25.3. The molecule has 0 aliphatic heterocycles. The van der Waals surface area contributed by atoms with E-state index in [0.717, 1.165) is 30.5 Å². The van der Waals surface area contributed by atoms with Crippen molar-refractivity contribution in [3.8, 4) is 0 Å². The van der Waals surface area contributed by atoms with Crippen LogP contribution in [0.4, 0.5) is 5.69 Å². The first-order chi connectivity index (χ1) is 10.1. The highest BCUT2D eigenvalue weighted by molar-refractivity contribution is 6.17.